The van der Waals surface area contributed by atoms with Crippen LogP contribution < -0.4 is 9.80 Å². The maximum absolute atomic E-state index is 12.8. The molecule has 1 saturated heterocycles. The molecule has 0 aliphatic carbocycles. The monoisotopic (exact) mass is 539 g/mol. The van der Waals surface area contributed by atoms with E-state index in [-0.39, 0.29) is 12.1 Å². The van der Waals surface area contributed by atoms with Gasteiger partial charge < -0.3 is 19.4 Å². The fourth-order valence-corrected chi connectivity index (χ4v) is 5.15. The van der Waals surface area contributed by atoms with Crippen molar-refractivity contribution in [3.8, 4) is 22.6 Å². The lowest BCUT2D eigenvalue weighted by Crippen LogP contribution is -2.40. The average molecular weight is 540 g/mol. The highest BCUT2D eigenvalue weighted by Crippen LogP contribution is 2.46. The lowest BCUT2D eigenvalue weighted by atomic mass is 10.1. The van der Waals surface area contributed by atoms with Crippen molar-refractivity contribution in [2.24, 2.45) is 7.05 Å². The van der Waals surface area contributed by atoms with Crippen molar-refractivity contribution in [1.82, 2.24) is 34.8 Å². The van der Waals surface area contributed by atoms with Crippen LogP contribution in [0, 0.1) is 0 Å². The van der Waals surface area contributed by atoms with E-state index < -0.39 is 5.60 Å². The molecule has 0 spiro atoms. The Labute approximate surface area is 230 Å². The molecule has 0 aromatic carbocycles. The van der Waals surface area contributed by atoms with Gasteiger partial charge in [0, 0.05) is 38.9 Å². The number of pyridine rings is 3. The minimum absolute atomic E-state index is 0.156. The fourth-order valence-electron chi connectivity index (χ4n) is 5.15. The van der Waals surface area contributed by atoms with Crippen molar-refractivity contribution >= 4 is 34.4 Å². The van der Waals surface area contributed by atoms with Crippen molar-refractivity contribution in [3.05, 3.63) is 48.7 Å². The van der Waals surface area contributed by atoms with Gasteiger partial charge in [-0.15, -0.1) is 5.10 Å². The van der Waals surface area contributed by atoms with E-state index in [4.69, 9.17) is 9.72 Å². The van der Waals surface area contributed by atoms with Crippen LogP contribution in [0.1, 0.15) is 27.2 Å². The molecule has 6 rings (SSSR count). The Hall–Kier alpha value is -4.83. The number of anilines is 2. The Morgan fingerprint density at radius 1 is 1.05 bits per heavy atom. The van der Waals surface area contributed by atoms with Crippen LogP contribution in [0.4, 0.5) is 16.2 Å². The number of hydrogen-bond acceptors (Lipinski definition) is 10. The van der Waals surface area contributed by atoms with E-state index in [1.807, 2.05) is 64.0 Å². The highest BCUT2D eigenvalue weighted by molar-refractivity contribution is 6.02. The molecule has 1 amide bonds. The summed E-state index contributed by atoms with van der Waals surface area (Å²) < 4.78 is 7.22. The number of amides is 1. The molecule has 0 radical (unpaired) electrons. The molecular formula is C28H29N9O3. The Balaban J connectivity index is 1.37. The summed E-state index contributed by atoms with van der Waals surface area (Å²) in [6.07, 6.45) is 5.60. The molecule has 0 saturated carbocycles. The first-order valence-electron chi connectivity index (χ1n) is 13.0. The van der Waals surface area contributed by atoms with E-state index >= 15 is 0 Å². The highest BCUT2D eigenvalue weighted by Gasteiger charge is 2.41. The SMILES string of the molecule is CN1C(=C=O)N([C@H]2CCN(C(=O)OC(C)(C)C)C2)c2c1cnc1ccc(-c3ccc(-c4cn(C)nn4)nc3)nc21. The van der Waals surface area contributed by atoms with Crippen molar-refractivity contribution in [3.63, 3.8) is 0 Å². The standard InChI is InChI=1S/C28H29N9O3/c1-28(2,3)40-27(39)36-11-10-18(14-36)37-24(16-38)35(5)23-13-30-21-9-8-19(31-25(21)26(23)37)17-6-7-20(29-12-17)22-15-34(4)33-32-22/h6-9,12-13,15,18H,10-11,14H2,1-5H3/t18-/m0/s1. The van der Waals surface area contributed by atoms with Gasteiger partial charge in [0.05, 0.1) is 46.7 Å². The van der Waals surface area contributed by atoms with E-state index in [2.05, 4.69) is 26.2 Å². The molecule has 4 aromatic heterocycles. The third-order valence-corrected chi connectivity index (χ3v) is 7.01. The molecule has 0 N–H and O–H groups in total. The van der Waals surface area contributed by atoms with Gasteiger partial charge in [0.15, 0.2) is 5.94 Å². The molecule has 40 heavy (non-hydrogen) atoms. The third-order valence-electron chi connectivity index (χ3n) is 7.01. The number of carbonyl (C=O) groups is 1. The maximum atomic E-state index is 12.8. The van der Waals surface area contributed by atoms with Crippen LogP contribution in [0.5, 0.6) is 0 Å². The Morgan fingerprint density at radius 2 is 1.85 bits per heavy atom. The van der Waals surface area contributed by atoms with Gasteiger partial charge in [-0.2, -0.15) is 0 Å². The first-order valence-corrected chi connectivity index (χ1v) is 13.0. The van der Waals surface area contributed by atoms with E-state index in [9.17, 15) is 9.59 Å². The number of likely N-dealkylation sites (tertiary alicyclic amines) is 1. The summed E-state index contributed by atoms with van der Waals surface area (Å²) in [6, 6.07) is 7.49. The van der Waals surface area contributed by atoms with Gasteiger partial charge in [-0.05, 0) is 51.5 Å². The second-order valence-corrected chi connectivity index (χ2v) is 11.0. The van der Waals surface area contributed by atoms with Crippen molar-refractivity contribution in [1.29, 1.82) is 0 Å². The summed E-state index contributed by atoms with van der Waals surface area (Å²) in [4.78, 5) is 44.6. The Kier molecular flexibility index (Phi) is 5.99. The van der Waals surface area contributed by atoms with E-state index in [1.54, 1.807) is 33.1 Å². The smallest absolute Gasteiger partial charge is 0.410 e. The largest absolute Gasteiger partial charge is 0.444 e. The number of ether oxygens (including phenoxy) is 1. The zero-order valence-corrected chi connectivity index (χ0v) is 23.0. The minimum atomic E-state index is -0.590. The predicted molar refractivity (Wildman–Crippen MR) is 149 cm³/mol. The number of carbonyl (C=O) groups excluding carboxylic acids is 2. The van der Waals surface area contributed by atoms with Gasteiger partial charge >= 0.3 is 6.09 Å². The number of aromatic nitrogens is 6. The molecule has 204 valence electrons. The van der Waals surface area contributed by atoms with E-state index in [0.29, 0.717) is 53.4 Å². The molecule has 0 bridgehead atoms. The molecule has 2 aliphatic heterocycles. The van der Waals surface area contributed by atoms with Crippen LogP contribution in [0.15, 0.2) is 48.7 Å². The van der Waals surface area contributed by atoms with Gasteiger partial charge in [-0.3, -0.25) is 14.6 Å². The summed E-state index contributed by atoms with van der Waals surface area (Å²) in [5, 5.41) is 8.09. The molecule has 0 unspecified atom stereocenters. The number of rotatable bonds is 3. The second-order valence-electron chi connectivity index (χ2n) is 11.0. The summed E-state index contributed by atoms with van der Waals surface area (Å²) in [5.74, 6) is 2.47. The molecule has 12 nitrogen and oxygen atoms in total. The zero-order chi connectivity index (χ0) is 28.2. The first kappa shape index (κ1) is 25.4. The van der Waals surface area contributed by atoms with E-state index in [1.165, 1.54) is 0 Å². The summed E-state index contributed by atoms with van der Waals surface area (Å²) in [6.45, 7) is 6.47. The number of hydrogen-bond donors (Lipinski definition) is 0. The van der Waals surface area contributed by atoms with Crippen LogP contribution in [0.2, 0.25) is 0 Å². The number of fused-ring (bicyclic) bond motifs is 3. The van der Waals surface area contributed by atoms with Crippen molar-refractivity contribution < 1.29 is 14.3 Å². The molecule has 4 aromatic rings. The van der Waals surface area contributed by atoms with Crippen LogP contribution >= 0.6 is 0 Å². The molecule has 6 heterocycles. The lowest BCUT2D eigenvalue weighted by molar-refractivity contribution is 0.0292. The molecule has 1 atom stereocenters. The minimum Gasteiger partial charge on any atom is -0.444 e. The molecule has 2 aliphatic rings. The van der Waals surface area contributed by atoms with Gasteiger partial charge in [-0.25, -0.2) is 14.6 Å². The van der Waals surface area contributed by atoms with Crippen molar-refractivity contribution in [2.75, 3.05) is 29.9 Å². The fraction of sp³-hybridized carbons (Fsp3) is 0.357. The van der Waals surface area contributed by atoms with Gasteiger partial charge in [0.1, 0.15) is 16.8 Å². The Morgan fingerprint density at radius 3 is 2.52 bits per heavy atom. The zero-order valence-electron chi connectivity index (χ0n) is 23.0. The number of aryl methyl sites for hydroxylation is 1. The Bertz CT molecular complexity index is 1670. The van der Waals surface area contributed by atoms with Crippen LogP contribution in [0.3, 0.4) is 0 Å². The summed E-state index contributed by atoms with van der Waals surface area (Å²) in [7, 11) is 3.62. The van der Waals surface area contributed by atoms with Gasteiger partial charge in [0.25, 0.3) is 0 Å². The maximum Gasteiger partial charge on any atom is 0.410 e. The predicted octanol–water partition coefficient (Wildman–Crippen LogP) is 3.43. The average Bonchev–Trinajstić information content (AvgIpc) is 3.65. The summed E-state index contributed by atoms with van der Waals surface area (Å²) in [5.41, 5.74) is 5.22. The first-order chi connectivity index (χ1) is 19.1. The highest BCUT2D eigenvalue weighted by atomic mass is 16.6. The molecular weight excluding hydrogens is 510 g/mol. The summed E-state index contributed by atoms with van der Waals surface area (Å²) >= 11 is 0. The normalized spacial score (nSPS) is 17.0. The van der Waals surface area contributed by atoms with Gasteiger partial charge in [-0.1, -0.05) is 5.21 Å². The third kappa shape index (κ3) is 4.42. The second kappa shape index (κ2) is 9.42. The topological polar surface area (TPSA) is 122 Å². The van der Waals surface area contributed by atoms with Crippen LogP contribution in [-0.4, -0.2) is 78.7 Å². The lowest BCUT2D eigenvalue weighted by Gasteiger charge is -2.28. The molecule has 1 fully saturated rings. The van der Waals surface area contributed by atoms with Crippen molar-refractivity contribution in [2.45, 2.75) is 38.8 Å². The quantitative estimate of drug-likeness (QED) is 0.358. The van der Waals surface area contributed by atoms with Crippen LogP contribution in [0.25, 0.3) is 33.7 Å². The van der Waals surface area contributed by atoms with Crippen LogP contribution in [-0.2, 0) is 16.6 Å². The molecule has 12 heteroatoms. The van der Waals surface area contributed by atoms with Gasteiger partial charge in [0.2, 0.25) is 5.82 Å². The number of nitrogens with zero attached hydrogens (tertiary/aromatic N) is 9. The van der Waals surface area contributed by atoms with E-state index in [0.717, 1.165) is 16.9 Å².